The molecule has 0 aliphatic heterocycles. The minimum atomic E-state index is -0.270. The Balaban J connectivity index is 2.01. The second kappa shape index (κ2) is 8.72. The van der Waals surface area contributed by atoms with E-state index in [0.717, 1.165) is 19.4 Å². The van der Waals surface area contributed by atoms with Crippen LogP contribution in [0.15, 0.2) is 60.7 Å². The van der Waals surface area contributed by atoms with Gasteiger partial charge in [-0.05, 0) is 29.9 Å². The van der Waals surface area contributed by atoms with E-state index in [0.29, 0.717) is 5.92 Å². The quantitative estimate of drug-likeness (QED) is 0.761. The zero-order valence-electron chi connectivity index (χ0n) is 13.6. The fraction of sp³-hybridized carbons (Fsp3) is 0.400. The average Bonchev–Trinajstić information content (AvgIpc) is 2.52. The molecule has 0 radical (unpaired) electrons. The molecule has 118 valence electrons. The summed E-state index contributed by atoms with van der Waals surface area (Å²) in [7, 11) is 0. The van der Waals surface area contributed by atoms with Gasteiger partial charge in [0.25, 0.3) is 0 Å². The van der Waals surface area contributed by atoms with Crippen molar-refractivity contribution in [3.63, 3.8) is 0 Å². The lowest BCUT2D eigenvalue weighted by Gasteiger charge is -2.23. The highest BCUT2D eigenvalue weighted by molar-refractivity contribution is 5.20. The van der Waals surface area contributed by atoms with E-state index in [1.54, 1.807) is 0 Å². The minimum absolute atomic E-state index is 0.176. The zero-order valence-corrected chi connectivity index (χ0v) is 13.6. The van der Waals surface area contributed by atoms with Gasteiger partial charge in [-0.3, -0.25) is 0 Å². The number of hydrogen-bond donors (Lipinski definition) is 2. The van der Waals surface area contributed by atoms with E-state index in [-0.39, 0.29) is 12.1 Å². The topological polar surface area (TPSA) is 32.3 Å². The molecule has 0 heterocycles. The first-order valence-corrected chi connectivity index (χ1v) is 8.15. The van der Waals surface area contributed by atoms with Crippen molar-refractivity contribution < 1.29 is 5.11 Å². The maximum absolute atomic E-state index is 10.3. The fourth-order valence-corrected chi connectivity index (χ4v) is 2.77. The first-order chi connectivity index (χ1) is 10.6. The van der Waals surface area contributed by atoms with E-state index in [9.17, 15) is 5.11 Å². The van der Waals surface area contributed by atoms with Crippen LogP contribution >= 0.6 is 0 Å². The van der Waals surface area contributed by atoms with Crippen LogP contribution in [-0.4, -0.2) is 11.2 Å². The van der Waals surface area contributed by atoms with Crippen molar-refractivity contribution in [2.24, 2.45) is 5.92 Å². The first kappa shape index (κ1) is 16.7. The summed E-state index contributed by atoms with van der Waals surface area (Å²) in [5.41, 5.74) is 2.50. The van der Waals surface area contributed by atoms with Crippen LogP contribution in [0.2, 0.25) is 0 Å². The molecule has 22 heavy (non-hydrogen) atoms. The van der Waals surface area contributed by atoms with Crippen LogP contribution in [0, 0.1) is 5.92 Å². The van der Waals surface area contributed by atoms with Crippen LogP contribution < -0.4 is 5.32 Å². The summed E-state index contributed by atoms with van der Waals surface area (Å²) >= 11 is 0. The molecule has 0 saturated carbocycles. The summed E-state index contributed by atoms with van der Waals surface area (Å²) < 4.78 is 0. The Hall–Kier alpha value is -1.64. The van der Waals surface area contributed by atoms with Crippen molar-refractivity contribution in [1.29, 1.82) is 0 Å². The normalized spacial score (nSPS) is 14.0. The van der Waals surface area contributed by atoms with Gasteiger partial charge in [0.15, 0.2) is 0 Å². The lowest BCUT2D eigenvalue weighted by molar-refractivity contribution is 0.125. The lowest BCUT2D eigenvalue weighted by atomic mass is 9.95. The Morgan fingerprint density at radius 3 is 2.05 bits per heavy atom. The van der Waals surface area contributed by atoms with Gasteiger partial charge in [-0.15, -0.1) is 0 Å². The van der Waals surface area contributed by atoms with Crippen LogP contribution in [0.3, 0.4) is 0 Å². The Labute approximate surface area is 134 Å². The van der Waals surface area contributed by atoms with Gasteiger partial charge in [-0.1, -0.05) is 74.5 Å². The summed E-state index contributed by atoms with van der Waals surface area (Å²) in [5.74, 6) is 0.514. The van der Waals surface area contributed by atoms with Crippen molar-refractivity contribution in [3.05, 3.63) is 71.8 Å². The molecule has 0 bridgehead atoms. The molecule has 0 aliphatic carbocycles. The van der Waals surface area contributed by atoms with Gasteiger partial charge >= 0.3 is 0 Å². The molecule has 2 aromatic carbocycles. The van der Waals surface area contributed by atoms with E-state index < -0.39 is 0 Å². The van der Waals surface area contributed by atoms with Gasteiger partial charge in [0.2, 0.25) is 0 Å². The third kappa shape index (κ3) is 5.63. The maximum Gasteiger partial charge on any atom is 0.0560 e. The highest BCUT2D eigenvalue weighted by Crippen LogP contribution is 2.22. The van der Waals surface area contributed by atoms with Gasteiger partial charge in [0, 0.05) is 12.6 Å². The van der Waals surface area contributed by atoms with Gasteiger partial charge in [-0.25, -0.2) is 0 Å². The summed E-state index contributed by atoms with van der Waals surface area (Å²) in [6.45, 7) is 5.12. The van der Waals surface area contributed by atoms with E-state index >= 15 is 0 Å². The zero-order chi connectivity index (χ0) is 15.8. The molecule has 0 spiro atoms. The number of nitrogens with one attached hydrogen (secondary N) is 1. The number of aliphatic hydroxyl groups excluding tert-OH is 1. The van der Waals surface area contributed by atoms with E-state index in [1.807, 2.05) is 12.1 Å². The first-order valence-electron chi connectivity index (χ1n) is 8.15. The molecule has 2 aromatic rings. The number of rotatable bonds is 8. The Bertz CT molecular complexity index is 524. The highest BCUT2D eigenvalue weighted by Gasteiger charge is 2.17. The number of hydrogen-bond acceptors (Lipinski definition) is 2. The smallest absolute Gasteiger partial charge is 0.0560 e. The SMILES string of the molecule is CC(C)C[C@@H](O)C[C@H](NCc1ccccc1)c1ccccc1. The summed E-state index contributed by atoms with van der Waals surface area (Å²) in [4.78, 5) is 0. The van der Waals surface area contributed by atoms with E-state index in [1.165, 1.54) is 11.1 Å². The third-order valence-corrected chi connectivity index (χ3v) is 3.85. The van der Waals surface area contributed by atoms with Crippen LogP contribution in [-0.2, 0) is 6.54 Å². The molecule has 0 aromatic heterocycles. The lowest BCUT2D eigenvalue weighted by Crippen LogP contribution is -2.26. The molecule has 0 fully saturated rings. The van der Waals surface area contributed by atoms with Gasteiger partial charge in [0.1, 0.15) is 0 Å². The molecule has 0 amide bonds. The Kier molecular flexibility index (Phi) is 6.63. The number of benzene rings is 2. The van der Waals surface area contributed by atoms with Crippen molar-refractivity contribution in [1.82, 2.24) is 5.32 Å². The van der Waals surface area contributed by atoms with Crippen molar-refractivity contribution in [3.8, 4) is 0 Å². The van der Waals surface area contributed by atoms with E-state index in [2.05, 4.69) is 67.7 Å². The molecule has 0 aliphatic rings. The second-order valence-electron chi connectivity index (χ2n) is 6.35. The number of aliphatic hydroxyl groups is 1. The van der Waals surface area contributed by atoms with Gasteiger partial charge < -0.3 is 10.4 Å². The third-order valence-electron chi connectivity index (χ3n) is 3.85. The average molecular weight is 297 g/mol. The second-order valence-corrected chi connectivity index (χ2v) is 6.35. The van der Waals surface area contributed by atoms with Crippen LogP contribution in [0.25, 0.3) is 0 Å². The molecular formula is C20H27NO. The van der Waals surface area contributed by atoms with Crippen molar-refractivity contribution in [2.75, 3.05) is 0 Å². The summed E-state index contributed by atoms with van der Waals surface area (Å²) in [6, 6.07) is 21.0. The standard InChI is InChI=1S/C20H27NO/c1-16(2)13-19(22)14-20(18-11-7-4-8-12-18)21-15-17-9-5-3-6-10-17/h3-12,16,19-22H,13-15H2,1-2H3/t19-,20+/m1/s1. The van der Waals surface area contributed by atoms with Crippen molar-refractivity contribution >= 4 is 0 Å². The Morgan fingerprint density at radius 1 is 0.864 bits per heavy atom. The predicted molar refractivity (Wildman–Crippen MR) is 92.5 cm³/mol. The predicted octanol–water partition coefficient (Wildman–Crippen LogP) is 4.31. The van der Waals surface area contributed by atoms with Gasteiger partial charge in [-0.2, -0.15) is 0 Å². The maximum atomic E-state index is 10.3. The molecule has 2 atom stereocenters. The van der Waals surface area contributed by atoms with E-state index in [4.69, 9.17) is 0 Å². The summed E-state index contributed by atoms with van der Waals surface area (Å²) in [5, 5.41) is 13.9. The molecule has 0 saturated heterocycles. The monoisotopic (exact) mass is 297 g/mol. The molecule has 0 unspecified atom stereocenters. The summed E-state index contributed by atoms with van der Waals surface area (Å²) in [6.07, 6.45) is 1.32. The molecule has 2 heteroatoms. The van der Waals surface area contributed by atoms with Crippen LogP contribution in [0.4, 0.5) is 0 Å². The minimum Gasteiger partial charge on any atom is -0.393 e. The fourth-order valence-electron chi connectivity index (χ4n) is 2.77. The highest BCUT2D eigenvalue weighted by atomic mass is 16.3. The van der Waals surface area contributed by atoms with Gasteiger partial charge in [0.05, 0.1) is 6.10 Å². The van der Waals surface area contributed by atoms with Crippen molar-refractivity contribution in [2.45, 2.75) is 45.4 Å². The van der Waals surface area contributed by atoms with Crippen LogP contribution in [0.1, 0.15) is 43.9 Å². The van der Waals surface area contributed by atoms with Crippen LogP contribution in [0.5, 0.6) is 0 Å². The molecular weight excluding hydrogens is 270 g/mol. The largest absolute Gasteiger partial charge is 0.393 e. The molecule has 2 rings (SSSR count). The molecule has 2 nitrogen and oxygen atoms in total. The molecule has 2 N–H and O–H groups in total. The Morgan fingerprint density at radius 2 is 1.45 bits per heavy atom.